The van der Waals surface area contributed by atoms with Gasteiger partial charge in [0.15, 0.2) is 0 Å². The molecule has 1 saturated carbocycles. The third kappa shape index (κ3) is 4.27. The smallest absolute Gasteiger partial charge is 0.337 e. The number of carbonyl (C=O) groups is 3. The molecule has 0 saturated heterocycles. The lowest BCUT2D eigenvalue weighted by Crippen LogP contribution is -2.44. The number of carbonyl (C=O) groups excluding carboxylic acids is 3. The molecule has 2 unspecified atom stereocenters. The summed E-state index contributed by atoms with van der Waals surface area (Å²) in [5.74, 6) is -0.131. The number of hydrogen-bond donors (Lipinski definition) is 1. The normalized spacial score (nSPS) is 20.9. The number of likely N-dealkylation sites (N-methyl/N-ethyl adjacent to an activating group) is 1. The van der Waals surface area contributed by atoms with E-state index in [0.29, 0.717) is 23.6 Å². The Morgan fingerprint density at radius 2 is 1.78 bits per heavy atom. The highest BCUT2D eigenvalue weighted by Gasteiger charge is 2.46. The third-order valence-electron chi connectivity index (χ3n) is 7.84. The summed E-state index contributed by atoms with van der Waals surface area (Å²) in [4.78, 5) is 39.8. The minimum atomic E-state index is -0.372. The predicted octanol–water partition coefficient (Wildman–Crippen LogP) is 4.60. The van der Waals surface area contributed by atoms with E-state index in [9.17, 15) is 14.4 Å². The fourth-order valence-electron chi connectivity index (χ4n) is 6.34. The minimum Gasteiger partial charge on any atom is -0.465 e. The predicted molar refractivity (Wildman–Crippen MR) is 138 cm³/mol. The van der Waals surface area contributed by atoms with Gasteiger partial charge in [-0.2, -0.15) is 0 Å². The molecule has 188 valence electrons. The molecule has 1 fully saturated rings. The van der Waals surface area contributed by atoms with Crippen molar-refractivity contribution in [3.05, 3.63) is 70.3 Å². The maximum atomic E-state index is 13.4. The molecule has 0 spiro atoms. The van der Waals surface area contributed by atoms with Crippen molar-refractivity contribution in [1.82, 2.24) is 10.4 Å². The molecule has 2 aliphatic heterocycles. The number of hydrogen-bond acceptors (Lipinski definition) is 5. The molecule has 7 heteroatoms. The van der Waals surface area contributed by atoms with E-state index in [0.717, 1.165) is 11.3 Å². The van der Waals surface area contributed by atoms with Gasteiger partial charge < -0.3 is 9.64 Å². The van der Waals surface area contributed by atoms with Gasteiger partial charge in [-0.25, -0.2) is 4.79 Å². The first-order chi connectivity index (χ1) is 17.4. The average Bonchev–Trinajstić information content (AvgIpc) is 3.10. The Morgan fingerprint density at radius 3 is 2.50 bits per heavy atom. The van der Waals surface area contributed by atoms with E-state index >= 15 is 0 Å². The lowest BCUT2D eigenvalue weighted by atomic mass is 9.73. The van der Waals surface area contributed by atoms with E-state index < -0.39 is 0 Å². The largest absolute Gasteiger partial charge is 0.465 e. The van der Waals surface area contributed by atoms with Crippen molar-refractivity contribution >= 4 is 29.5 Å². The molecule has 2 heterocycles. The summed E-state index contributed by atoms with van der Waals surface area (Å²) < 4.78 is 5.01. The lowest BCUT2D eigenvalue weighted by molar-refractivity contribution is -0.135. The van der Waals surface area contributed by atoms with Gasteiger partial charge >= 0.3 is 5.97 Å². The van der Waals surface area contributed by atoms with Gasteiger partial charge in [-0.05, 0) is 53.7 Å². The summed E-state index contributed by atoms with van der Waals surface area (Å²) in [5.41, 5.74) is 8.09. The fraction of sp³-hybridized carbons (Fsp3) is 0.414. The zero-order chi connectivity index (χ0) is 25.4. The first-order valence-corrected chi connectivity index (χ1v) is 12.7. The number of amides is 2. The molecule has 0 radical (unpaired) electrons. The molecular formula is C29H33N3O4. The molecule has 0 aromatic heterocycles. The summed E-state index contributed by atoms with van der Waals surface area (Å²) in [6.45, 7) is 1.76. The molecule has 2 aromatic rings. The highest BCUT2D eigenvalue weighted by Crippen LogP contribution is 2.56. The van der Waals surface area contributed by atoms with Crippen molar-refractivity contribution in [3.8, 4) is 0 Å². The first kappa shape index (κ1) is 24.1. The Bertz CT molecular complexity index is 1230. The highest BCUT2D eigenvalue weighted by molar-refractivity contribution is 6.00. The number of methoxy groups -OCH3 is 1. The number of rotatable bonds is 3. The number of ether oxygens (including phenoxy) is 1. The summed E-state index contributed by atoms with van der Waals surface area (Å²) in [7, 11) is 2.96. The van der Waals surface area contributed by atoms with Crippen molar-refractivity contribution < 1.29 is 19.1 Å². The number of anilines is 1. The Balaban J connectivity index is 1.65. The maximum Gasteiger partial charge on any atom is 0.337 e. The molecule has 1 N–H and O–H groups in total. The quantitative estimate of drug-likeness (QED) is 0.506. The van der Waals surface area contributed by atoms with Crippen molar-refractivity contribution in [2.24, 2.45) is 5.92 Å². The van der Waals surface area contributed by atoms with Crippen LogP contribution in [0.15, 0.2) is 48.0 Å². The number of hydrazine groups is 1. The molecule has 3 aliphatic rings. The number of fused-ring (bicyclic) bond motifs is 5. The number of esters is 1. The zero-order valence-corrected chi connectivity index (χ0v) is 21.1. The Kier molecular flexibility index (Phi) is 6.56. The van der Waals surface area contributed by atoms with Gasteiger partial charge in [0.25, 0.3) is 5.91 Å². The van der Waals surface area contributed by atoms with Crippen LogP contribution in [0.25, 0.3) is 6.08 Å². The van der Waals surface area contributed by atoms with Gasteiger partial charge in [0.1, 0.15) is 0 Å². The number of benzene rings is 2. The topological polar surface area (TPSA) is 79.0 Å². The van der Waals surface area contributed by atoms with Gasteiger partial charge in [0, 0.05) is 37.7 Å². The summed E-state index contributed by atoms with van der Waals surface area (Å²) >= 11 is 0. The van der Waals surface area contributed by atoms with E-state index in [2.05, 4.69) is 34.6 Å². The SMILES string of the molecule is COC(=O)c1ccc2c(c1)N1CC(C(=O)N(C)NC(C)=O)=Cc3ccccc3C1C2C1CCCCC1. The van der Waals surface area contributed by atoms with Gasteiger partial charge in [0.2, 0.25) is 5.91 Å². The molecule has 7 nitrogen and oxygen atoms in total. The van der Waals surface area contributed by atoms with E-state index in [1.54, 1.807) is 7.05 Å². The molecule has 2 atom stereocenters. The summed E-state index contributed by atoms with van der Waals surface area (Å²) in [6, 6.07) is 14.2. The molecule has 5 rings (SSSR count). The summed E-state index contributed by atoms with van der Waals surface area (Å²) in [5, 5.41) is 1.25. The van der Waals surface area contributed by atoms with Crippen LogP contribution < -0.4 is 10.3 Å². The monoisotopic (exact) mass is 487 g/mol. The van der Waals surface area contributed by atoms with Crippen molar-refractivity contribution in [3.63, 3.8) is 0 Å². The first-order valence-electron chi connectivity index (χ1n) is 12.7. The maximum absolute atomic E-state index is 13.4. The van der Waals surface area contributed by atoms with Crippen LogP contribution >= 0.6 is 0 Å². The van der Waals surface area contributed by atoms with E-state index in [-0.39, 0.29) is 29.7 Å². The van der Waals surface area contributed by atoms with Crippen LogP contribution in [0, 0.1) is 5.92 Å². The van der Waals surface area contributed by atoms with Crippen LogP contribution in [-0.4, -0.2) is 43.5 Å². The summed E-state index contributed by atoms with van der Waals surface area (Å²) in [6.07, 6.45) is 8.05. The van der Waals surface area contributed by atoms with Crippen molar-refractivity contribution in [1.29, 1.82) is 0 Å². The number of nitrogens with zero attached hydrogens (tertiary/aromatic N) is 2. The second-order valence-corrected chi connectivity index (χ2v) is 10.1. The Labute approximate surface area is 212 Å². The van der Waals surface area contributed by atoms with Gasteiger partial charge in [0.05, 0.1) is 18.7 Å². The van der Waals surface area contributed by atoms with Crippen LogP contribution in [0.1, 0.15) is 78.0 Å². The Hall–Kier alpha value is -3.61. The average molecular weight is 488 g/mol. The van der Waals surface area contributed by atoms with E-state index in [1.165, 1.54) is 62.3 Å². The van der Waals surface area contributed by atoms with Crippen molar-refractivity contribution in [2.75, 3.05) is 25.6 Å². The number of nitrogens with one attached hydrogen (secondary N) is 1. The van der Waals surface area contributed by atoms with Gasteiger partial charge in [-0.1, -0.05) is 49.6 Å². The molecule has 2 aromatic carbocycles. The zero-order valence-electron chi connectivity index (χ0n) is 21.1. The van der Waals surface area contributed by atoms with Gasteiger partial charge in [-0.15, -0.1) is 0 Å². The van der Waals surface area contributed by atoms with Gasteiger partial charge in [-0.3, -0.25) is 20.0 Å². The van der Waals surface area contributed by atoms with Crippen LogP contribution in [0.3, 0.4) is 0 Å². The van der Waals surface area contributed by atoms with Crippen molar-refractivity contribution in [2.45, 2.75) is 51.0 Å². The molecule has 0 bridgehead atoms. The van der Waals surface area contributed by atoms with Crippen LogP contribution in [-0.2, 0) is 14.3 Å². The van der Waals surface area contributed by atoms with E-state index in [4.69, 9.17) is 4.74 Å². The second-order valence-electron chi connectivity index (χ2n) is 10.1. The minimum absolute atomic E-state index is 0.0554. The third-order valence-corrected chi connectivity index (χ3v) is 7.84. The standard InChI is InChI=1S/C29H33N3O4/c1-18(33)30-31(2)28(34)22-15-20-11-7-8-12-23(20)27-26(19-9-5-4-6-10-19)24-14-13-21(29(35)36-3)16-25(24)32(27)17-22/h7-8,11-16,19,26-27H,4-6,9-10,17H2,1-3H3,(H,30,33). The van der Waals surface area contributed by atoms with Crippen LogP contribution in [0.2, 0.25) is 0 Å². The molecule has 36 heavy (non-hydrogen) atoms. The molecule has 1 aliphatic carbocycles. The second kappa shape index (κ2) is 9.80. The lowest BCUT2D eigenvalue weighted by Gasteiger charge is -2.36. The van der Waals surface area contributed by atoms with Crippen LogP contribution in [0.4, 0.5) is 5.69 Å². The molecule has 2 amide bonds. The molecular weight excluding hydrogens is 454 g/mol. The Morgan fingerprint density at radius 1 is 1.03 bits per heavy atom. The highest BCUT2D eigenvalue weighted by atomic mass is 16.5. The van der Waals surface area contributed by atoms with Crippen LogP contribution in [0.5, 0.6) is 0 Å². The fourth-order valence-corrected chi connectivity index (χ4v) is 6.34. The van der Waals surface area contributed by atoms with E-state index in [1.807, 2.05) is 24.3 Å².